The Balaban J connectivity index is 1.85. The molecule has 2 atom stereocenters. The molecule has 2 nitrogen and oxygen atoms in total. The van der Waals surface area contributed by atoms with Gasteiger partial charge in [-0.25, -0.2) is 0 Å². The van der Waals surface area contributed by atoms with Crippen molar-refractivity contribution in [3.63, 3.8) is 0 Å². The second-order valence-corrected chi connectivity index (χ2v) is 6.19. The van der Waals surface area contributed by atoms with Gasteiger partial charge in [0.1, 0.15) is 11.3 Å². The van der Waals surface area contributed by atoms with Crippen LogP contribution in [0.5, 0.6) is 0 Å². The first-order chi connectivity index (χ1) is 9.66. The van der Waals surface area contributed by atoms with E-state index in [1.54, 1.807) is 11.3 Å². The summed E-state index contributed by atoms with van der Waals surface area (Å²) in [5, 5.41) is 6.94. The summed E-state index contributed by atoms with van der Waals surface area (Å²) in [4.78, 5) is 1.35. The molecule has 0 radical (unpaired) electrons. The maximum atomic E-state index is 6.02. The van der Waals surface area contributed by atoms with E-state index in [1.807, 2.05) is 12.1 Å². The lowest BCUT2D eigenvalue weighted by molar-refractivity contribution is 0.417. The standard InChI is InChI=1S/C17H19NOS/c1-11-14-7-4-5-8-15(14)19-17(11)13(3)18-12(2)16-9-6-10-20-16/h4-10,12-13,18H,1-3H3/t12-,13?/m0/s1. The van der Waals surface area contributed by atoms with Gasteiger partial charge in [-0.15, -0.1) is 11.3 Å². The minimum atomic E-state index is 0.194. The van der Waals surface area contributed by atoms with Gasteiger partial charge in [0.15, 0.2) is 0 Å². The number of nitrogens with one attached hydrogen (secondary N) is 1. The second-order valence-electron chi connectivity index (χ2n) is 5.21. The van der Waals surface area contributed by atoms with Crippen molar-refractivity contribution in [3.05, 3.63) is 58.0 Å². The lowest BCUT2D eigenvalue weighted by atomic mass is 10.1. The SMILES string of the molecule is Cc1c(C(C)N[C@@H](C)c2cccs2)oc2ccccc12. The van der Waals surface area contributed by atoms with Crippen molar-refractivity contribution in [1.29, 1.82) is 0 Å². The zero-order chi connectivity index (χ0) is 14.1. The van der Waals surface area contributed by atoms with Gasteiger partial charge < -0.3 is 9.73 Å². The Morgan fingerprint density at radius 3 is 2.55 bits per heavy atom. The fourth-order valence-corrected chi connectivity index (χ4v) is 3.42. The molecule has 1 N–H and O–H groups in total. The number of benzene rings is 1. The smallest absolute Gasteiger partial charge is 0.134 e. The van der Waals surface area contributed by atoms with Crippen molar-refractivity contribution in [1.82, 2.24) is 5.32 Å². The molecule has 0 spiro atoms. The number of thiophene rings is 1. The third-order valence-corrected chi connectivity index (χ3v) is 4.80. The van der Waals surface area contributed by atoms with E-state index in [0.717, 1.165) is 11.3 Å². The van der Waals surface area contributed by atoms with Crippen LogP contribution < -0.4 is 5.32 Å². The van der Waals surface area contributed by atoms with Crippen molar-refractivity contribution in [2.24, 2.45) is 0 Å². The summed E-state index contributed by atoms with van der Waals surface area (Å²) in [6.07, 6.45) is 0. The highest BCUT2D eigenvalue weighted by Gasteiger charge is 2.18. The third-order valence-electron chi connectivity index (χ3n) is 3.74. The van der Waals surface area contributed by atoms with E-state index in [2.05, 4.69) is 55.7 Å². The summed E-state index contributed by atoms with van der Waals surface area (Å²) in [5.41, 5.74) is 2.21. The highest BCUT2D eigenvalue weighted by molar-refractivity contribution is 7.10. The third kappa shape index (κ3) is 2.39. The summed E-state index contributed by atoms with van der Waals surface area (Å²) in [7, 11) is 0. The van der Waals surface area contributed by atoms with Gasteiger partial charge in [-0.05, 0) is 43.8 Å². The maximum absolute atomic E-state index is 6.02. The molecule has 3 heteroatoms. The number of rotatable bonds is 4. The van der Waals surface area contributed by atoms with E-state index in [4.69, 9.17) is 4.42 Å². The molecule has 0 saturated heterocycles. The van der Waals surface area contributed by atoms with Crippen LogP contribution in [0.25, 0.3) is 11.0 Å². The highest BCUT2D eigenvalue weighted by Crippen LogP contribution is 2.31. The van der Waals surface area contributed by atoms with Gasteiger partial charge in [0.05, 0.1) is 6.04 Å². The lowest BCUT2D eigenvalue weighted by Gasteiger charge is -2.18. The van der Waals surface area contributed by atoms with Crippen molar-refractivity contribution in [3.8, 4) is 0 Å². The minimum absolute atomic E-state index is 0.194. The Kier molecular flexibility index (Phi) is 3.64. The summed E-state index contributed by atoms with van der Waals surface area (Å²) < 4.78 is 6.02. The topological polar surface area (TPSA) is 25.2 Å². The van der Waals surface area contributed by atoms with E-state index >= 15 is 0 Å². The molecule has 2 heterocycles. The zero-order valence-corrected chi connectivity index (χ0v) is 12.8. The van der Waals surface area contributed by atoms with Crippen molar-refractivity contribution in [2.75, 3.05) is 0 Å². The van der Waals surface area contributed by atoms with Crippen LogP contribution in [0, 0.1) is 6.92 Å². The molecule has 1 unspecified atom stereocenters. The van der Waals surface area contributed by atoms with Gasteiger partial charge in [0, 0.05) is 16.3 Å². The summed E-state index contributed by atoms with van der Waals surface area (Å²) in [6, 6.07) is 13.0. The zero-order valence-electron chi connectivity index (χ0n) is 12.0. The van der Waals surface area contributed by atoms with Crippen LogP contribution in [0.15, 0.2) is 46.2 Å². The largest absolute Gasteiger partial charge is 0.459 e. The molecule has 1 aromatic carbocycles. The average Bonchev–Trinajstić information content (AvgIpc) is 3.07. The van der Waals surface area contributed by atoms with E-state index in [0.29, 0.717) is 6.04 Å². The van der Waals surface area contributed by atoms with Crippen molar-refractivity contribution in [2.45, 2.75) is 32.9 Å². The molecule has 0 aliphatic carbocycles. The Morgan fingerprint density at radius 1 is 1.05 bits per heavy atom. The molecule has 3 rings (SSSR count). The molecule has 3 aromatic rings. The molecule has 0 amide bonds. The number of para-hydroxylation sites is 1. The molecule has 104 valence electrons. The van der Waals surface area contributed by atoms with Crippen molar-refractivity contribution < 1.29 is 4.42 Å². The second kappa shape index (κ2) is 5.43. The number of hydrogen-bond acceptors (Lipinski definition) is 3. The van der Waals surface area contributed by atoms with Gasteiger partial charge in [-0.1, -0.05) is 24.3 Å². The number of furan rings is 1. The maximum Gasteiger partial charge on any atom is 0.134 e. The fraction of sp³-hybridized carbons (Fsp3) is 0.294. The van der Waals surface area contributed by atoms with Gasteiger partial charge in [0.2, 0.25) is 0 Å². The number of hydrogen-bond donors (Lipinski definition) is 1. The Labute approximate surface area is 123 Å². The van der Waals surface area contributed by atoms with Crippen molar-refractivity contribution >= 4 is 22.3 Å². The van der Waals surface area contributed by atoms with E-state index < -0.39 is 0 Å². The molecule has 20 heavy (non-hydrogen) atoms. The molecule has 2 aromatic heterocycles. The van der Waals surface area contributed by atoms with Crippen LogP contribution in [0.3, 0.4) is 0 Å². The average molecular weight is 285 g/mol. The molecule has 0 fully saturated rings. The first-order valence-electron chi connectivity index (χ1n) is 6.94. The first-order valence-corrected chi connectivity index (χ1v) is 7.82. The lowest BCUT2D eigenvalue weighted by Crippen LogP contribution is -2.21. The molecule has 0 bridgehead atoms. The van der Waals surface area contributed by atoms with Crippen LogP contribution >= 0.6 is 11.3 Å². The summed E-state index contributed by atoms with van der Waals surface area (Å²) >= 11 is 1.78. The molecular formula is C17H19NOS. The van der Waals surface area contributed by atoms with Crippen LogP contribution in [-0.2, 0) is 0 Å². The molecular weight excluding hydrogens is 266 g/mol. The Morgan fingerprint density at radius 2 is 1.85 bits per heavy atom. The number of aryl methyl sites for hydroxylation is 1. The van der Waals surface area contributed by atoms with Gasteiger partial charge in [-0.2, -0.15) is 0 Å². The van der Waals surface area contributed by atoms with Gasteiger partial charge >= 0.3 is 0 Å². The van der Waals surface area contributed by atoms with Crippen LogP contribution in [-0.4, -0.2) is 0 Å². The quantitative estimate of drug-likeness (QED) is 0.711. The van der Waals surface area contributed by atoms with Crippen LogP contribution in [0.2, 0.25) is 0 Å². The van der Waals surface area contributed by atoms with E-state index in [1.165, 1.54) is 15.8 Å². The van der Waals surface area contributed by atoms with Crippen LogP contribution in [0.4, 0.5) is 0 Å². The summed E-state index contributed by atoms with van der Waals surface area (Å²) in [5.74, 6) is 1.04. The van der Waals surface area contributed by atoms with Gasteiger partial charge in [-0.3, -0.25) is 0 Å². The van der Waals surface area contributed by atoms with E-state index in [9.17, 15) is 0 Å². The minimum Gasteiger partial charge on any atom is -0.459 e. The van der Waals surface area contributed by atoms with E-state index in [-0.39, 0.29) is 6.04 Å². The fourth-order valence-electron chi connectivity index (χ4n) is 2.68. The highest BCUT2D eigenvalue weighted by atomic mass is 32.1. The molecule has 0 aliphatic heterocycles. The van der Waals surface area contributed by atoms with Gasteiger partial charge in [0.25, 0.3) is 0 Å². The Hall–Kier alpha value is -1.58. The predicted molar refractivity (Wildman–Crippen MR) is 85.2 cm³/mol. The normalized spacial score (nSPS) is 14.6. The number of fused-ring (bicyclic) bond motifs is 1. The Bertz CT molecular complexity index is 699. The summed E-state index contributed by atoms with van der Waals surface area (Å²) in [6.45, 7) is 6.49. The molecule has 0 saturated carbocycles. The monoisotopic (exact) mass is 285 g/mol. The first kappa shape index (κ1) is 13.4. The predicted octanol–water partition coefficient (Wildman–Crippen LogP) is 5.21. The molecule has 0 aliphatic rings. The van der Waals surface area contributed by atoms with Crippen LogP contribution in [0.1, 0.15) is 42.1 Å².